The molecule has 112 valence electrons. The summed E-state index contributed by atoms with van der Waals surface area (Å²) >= 11 is 1.60. The largest absolute Gasteiger partial charge is 0.497 e. The molecule has 0 saturated heterocycles. The number of carboxylic acids is 1. The van der Waals surface area contributed by atoms with Crippen molar-refractivity contribution in [3.63, 3.8) is 0 Å². The summed E-state index contributed by atoms with van der Waals surface area (Å²) in [5.41, 5.74) is 0.297. The molecule has 0 radical (unpaired) electrons. The molecule has 0 spiro atoms. The summed E-state index contributed by atoms with van der Waals surface area (Å²) in [6, 6.07) is 14.5. The fourth-order valence-corrected chi connectivity index (χ4v) is 3.11. The summed E-state index contributed by atoms with van der Waals surface area (Å²) in [7, 11) is 1.62. The smallest absolute Gasteiger partial charge is 0.335 e. The Morgan fingerprint density at radius 3 is 2.73 bits per heavy atom. The molecule has 3 aromatic rings. The average molecular weight is 314 g/mol. The molecule has 1 aromatic heterocycles. The highest BCUT2D eigenvalue weighted by Crippen LogP contribution is 2.28. The lowest BCUT2D eigenvalue weighted by molar-refractivity contribution is 0.0697. The van der Waals surface area contributed by atoms with E-state index in [1.165, 1.54) is 0 Å². The minimum absolute atomic E-state index is 0.297. The summed E-state index contributed by atoms with van der Waals surface area (Å²) in [6.45, 7) is 0.439. The molecule has 3 rings (SSSR count). The Hall–Kier alpha value is -2.53. The number of aromatic carboxylic acids is 1. The summed E-state index contributed by atoms with van der Waals surface area (Å²) in [5, 5.41) is 9.94. The average Bonchev–Trinajstić information content (AvgIpc) is 2.95. The number of rotatable bonds is 5. The van der Waals surface area contributed by atoms with Crippen molar-refractivity contribution < 1.29 is 19.4 Å². The Bertz CT molecular complexity index is 822. The Morgan fingerprint density at radius 2 is 1.95 bits per heavy atom. The first-order chi connectivity index (χ1) is 10.7. The summed E-state index contributed by atoms with van der Waals surface area (Å²) in [5.74, 6) is 0.574. The number of benzene rings is 2. The second kappa shape index (κ2) is 6.07. The molecule has 0 aliphatic heterocycles. The van der Waals surface area contributed by atoms with Crippen molar-refractivity contribution in [2.24, 2.45) is 0 Å². The van der Waals surface area contributed by atoms with Gasteiger partial charge in [0.25, 0.3) is 0 Å². The van der Waals surface area contributed by atoms with Crippen LogP contribution in [-0.4, -0.2) is 18.2 Å². The highest BCUT2D eigenvalue weighted by atomic mass is 32.1. The van der Waals surface area contributed by atoms with Gasteiger partial charge in [0, 0.05) is 15.6 Å². The molecule has 1 N–H and O–H groups in total. The molecule has 0 unspecified atom stereocenters. The summed E-state index contributed by atoms with van der Waals surface area (Å²) < 4.78 is 12.0. The second-order valence-corrected chi connectivity index (χ2v) is 5.91. The van der Waals surface area contributed by atoms with E-state index in [9.17, 15) is 4.79 Å². The predicted molar refractivity (Wildman–Crippen MR) is 86.1 cm³/mol. The van der Waals surface area contributed by atoms with Gasteiger partial charge in [-0.1, -0.05) is 6.07 Å². The molecule has 4 nitrogen and oxygen atoms in total. The monoisotopic (exact) mass is 314 g/mol. The van der Waals surface area contributed by atoms with Crippen LogP contribution in [-0.2, 0) is 6.61 Å². The van der Waals surface area contributed by atoms with Crippen LogP contribution in [0.25, 0.3) is 10.1 Å². The van der Waals surface area contributed by atoms with Gasteiger partial charge in [0.2, 0.25) is 0 Å². The lowest BCUT2D eigenvalue weighted by atomic mass is 10.1. The van der Waals surface area contributed by atoms with Crippen LogP contribution in [0.3, 0.4) is 0 Å². The van der Waals surface area contributed by atoms with Crippen LogP contribution < -0.4 is 9.47 Å². The second-order valence-electron chi connectivity index (χ2n) is 4.74. The van der Waals surface area contributed by atoms with Gasteiger partial charge in [-0.25, -0.2) is 4.79 Å². The van der Waals surface area contributed by atoms with E-state index in [1.54, 1.807) is 30.6 Å². The van der Waals surface area contributed by atoms with Crippen LogP contribution in [0.1, 0.15) is 15.2 Å². The first-order valence-corrected chi connectivity index (χ1v) is 7.50. The molecule has 0 atom stereocenters. The van der Waals surface area contributed by atoms with Gasteiger partial charge in [-0.15, -0.1) is 11.3 Å². The zero-order valence-corrected chi connectivity index (χ0v) is 12.7. The molecule has 0 aliphatic carbocycles. The van der Waals surface area contributed by atoms with Crippen LogP contribution in [0.15, 0.2) is 48.5 Å². The van der Waals surface area contributed by atoms with Crippen LogP contribution >= 0.6 is 11.3 Å². The third kappa shape index (κ3) is 3.04. The molecule has 5 heteroatoms. The minimum atomic E-state index is -0.915. The Morgan fingerprint density at radius 1 is 1.14 bits per heavy atom. The van der Waals surface area contributed by atoms with Crippen molar-refractivity contribution in [3.8, 4) is 11.5 Å². The van der Waals surface area contributed by atoms with Gasteiger partial charge in [0.15, 0.2) is 0 Å². The molecular formula is C17H14O4S. The Balaban J connectivity index is 1.77. The van der Waals surface area contributed by atoms with E-state index in [0.29, 0.717) is 12.2 Å². The fraction of sp³-hybridized carbons (Fsp3) is 0.118. The standard InChI is InChI=1S/C17H14O4S/c1-20-13-3-2-4-14(9-13)21-10-15-8-12-7-11(17(18)19)5-6-16(12)22-15/h2-9H,10H2,1H3,(H,18,19). The van der Waals surface area contributed by atoms with Crippen molar-refractivity contribution in [2.75, 3.05) is 7.11 Å². The first kappa shape index (κ1) is 14.4. The third-order valence-corrected chi connectivity index (χ3v) is 4.33. The van der Waals surface area contributed by atoms with Gasteiger partial charge in [0.1, 0.15) is 18.1 Å². The number of carbonyl (C=O) groups is 1. The topological polar surface area (TPSA) is 55.8 Å². The van der Waals surface area contributed by atoms with Gasteiger partial charge in [-0.3, -0.25) is 0 Å². The number of methoxy groups -OCH3 is 1. The molecule has 2 aromatic carbocycles. The Labute approximate surface area is 131 Å². The van der Waals surface area contributed by atoms with Crippen molar-refractivity contribution >= 4 is 27.4 Å². The maximum absolute atomic E-state index is 11.0. The maximum atomic E-state index is 11.0. The van der Waals surface area contributed by atoms with E-state index in [0.717, 1.165) is 26.5 Å². The zero-order chi connectivity index (χ0) is 15.5. The van der Waals surface area contributed by atoms with Crippen LogP contribution in [0, 0.1) is 0 Å². The van der Waals surface area contributed by atoms with Crippen molar-refractivity contribution in [1.82, 2.24) is 0 Å². The van der Waals surface area contributed by atoms with Gasteiger partial charge >= 0.3 is 5.97 Å². The molecular weight excluding hydrogens is 300 g/mol. The highest BCUT2D eigenvalue weighted by Gasteiger charge is 2.07. The summed E-state index contributed by atoms with van der Waals surface area (Å²) in [6.07, 6.45) is 0. The van der Waals surface area contributed by atoms with E-state index in [4.69, 9.17) is 14.6 Å². The Kier molecular flexibility index (Phi) is 3.98. The fourth-order valence-electron chi connectivity index (χ4n) is 2.15. The lowest BCUT2D eigenvalue weighted by Crippen LogP contribution is -1.94. The quantitative estimate of drug-likeness (QED) is 0.767. The van der Waals surface area contributed by atoms with E-state index in [2.05, 4.69) is 0 Å². The minimum Gasteiger partial charge on any atom is -0.497 e. The molecule has 1 heterocycles. The van der Waals surface area contributed by atoms with E-state index in [-0.39, 0.29) is 0 Å². The van der Waals surface area contributed by atoms with Gasteiger partial charge in [-0.05, 0) is 41.8 Å². The van der Waals surface area contributed by atoms with Gasteiger partial charge in [-0.2, -0.15) is 0 Å². The number of fused-ring (bicyclic) bond motifs is 1. The van der Waals surface area contributed by atoms with E-state index < -0.39 is 5.97 Å². The van der Waals surface area contributed by atoms with Crippen LogP contribution in [0.4, 0.5) is 0 Å². The normalized spacial score (nSPS) is 10.6. The molecule has 0 fully saturated rings. The van der Waals surface area contributed by atoms with Crippen molar-refractivity contribution in [2.45, 2.75) is 6.61 Å². The molecule has 0 saturated carbocycles. The van der Waals surface area contributed by atoms with Crippen LogP contribution in [0.5, 0.6) is 11.5 Å². The molecule has 0 amide bonds. The first-order valence-electron chi connectivity index (χ1n) is 6.68. The molecule has 0 aliphatic rings. The number of ether oxygens (including phenoxy) is 2. The lowest BCUT2D eigenvalue weighted by Gasteiger charge is -2.06. The number of thiophene rings is 1. The molecule has 0 bridgehead atoms. The van der Waals surface area contributed by atoms with E-state index in [1.807, 2.05) is 36.4 Å². The van der Waals surface area contributed by atoms with Crippen molar-refractivity contribution in [3.05, 3.63) is 59.0 Å². The van der Waals surface area contributed by atoms with Crippen LogP contribution in [0.2, 0.25) is 0 Å². The zero-order valence-electron chi connectivity index (χ0n) is 11.9. The summed E-state index contributed by atoms with van der Waals surface area (Å²) in [4.78, 5) is 12.0. The van der Waals surface area contributed by atoms with E-state index >= 15 is 0 Å². The predicted octanol–water partition coefficient (Wildman–Crippen LogP) is 4.19. The number of carboxylic acid groups (broad SMARTS) is 1. The van der Waals surface area contributed by atoms with Crippen molar-refractivity contribution in [1.29, 1.82) is 0 Å². The van der Waals surface area contributed by atoms with Gasteiger partial charge < -0.3 is 14.6 Å². The molecule has 22 heavy (non-hydrogen) atoms. The third-order valence-electron chi connectivity index (χ3n) is 3.24. The highest BCUT2D eigenvalue weighted by molar-refractivity contribution is 7.19. The number of hydrogen-bond acceptors (Lipinski definition) is 4. The number of hydrogen-bond donors (Lipinski definition) is 1. The SMILES string of the molecule is COc1cccc(OCc2cc3cc(C(=O)O)ccc3s2)c1. The maximum Gasteiger partial charge on any atom is 0.335 e. The van der Waals surface area contributed by atoms with Gasteiger partial charge in [0.05, 0.1) is 12.7 Å².